The van der Waals surface area contributed by atoms with Gasteiger partial charge in [-0.3, -0.25) is 10.2 Å². The zero-order valence-electron chi connectivity index (χ0n) is 10.5. The SMILES string of the molecule is N#Cc1cccc(CNc2ncc(C(=O)NN)cn2)c1. The molecule has 0 spiro atoms. The Morgan fingerprint density at radius 1 is 1.35 bits per heavy atom. The van der Waals surface area contributed by atoms with Crippen LogP contribution in [0.5, 0.6) is 0 Å². The minimum Gasteiger partial charge on any atom is -0.350 e. The van der Waals surface area contributed by atoms with Gasteiger partial charge < -0.3 is 5.32 Å². The molecule has 0 unspecified atom stereocenters. The third kappa shape index (κ3) is 3.28. The molecule has 2 rings (SSSR count). The van der Waals surface area contributed by atoms with E-state index in [0.717, 1.165) is 5.56 Å². The van der Waals surface area contributed by atoms with Gasteiger partial charge >= 0.3 is 0 Å². The number of nitrogens with zero attached hydrogens (tertiary/aromatic N) is 3. The number of anilines is 1. The lowest BCUT2D eigenvalue weighted by atomic mass is 10.1. The molecule has 0 saturated carbocycles. The monoisotopic (exact) mass is 268 g/mol. The molecule has 100 valence electrons. The molecule has 1 aromatic carbocycles. The van der Waals surface area contributed by atoms with Crippen LogP contribution in [0.4, 0.5) is 5.95 Å². The van der Waals surface area contributed by atoms with Crippen molar-refractivity contribution in [2.24, 2.45) is 5.84 Å². The minimum absolute atomic E-state index is 0.282. The highest BCUT2D eigenvalue weighted by Crippen LogP contribution is 2.07. The van der Waals surface area contributed by atoms with E-state index in [2.05, 4.69) is 21.4 Å². The number of nitriles is 1. The predicted octanol–water partition coefficient (Wildman–Crippen LogP) is 0.564. The molecule has 7 nitrogen and oxygen atoms in total. The quantitative estimate of drug-likeness (QED) is 0.424. The Balaban J connectivity index is 2.00. The van der Waals surface area contributed by atoms with E-state index < -0.39 is 5.91 Å². The molecule has 0 fully saturated rings. The number of hydrazine groups is 1. The molecule has 1 amide bonds. The second-order valence-electron chi connectivity index (χ2n) is 3.93. The first-order valence-electron chi connectivity index (χ1n) is 5.79. The normalized spacial score (nSPS) is 9.60. The Labute approximate surface area is 115 Å². The van der Waals surface area contributed by atoms with Crippen LogP contribution >= 0.6 is 0 Å². The van der Waals surface area contributed by atoms with Crippen molar-refractivity contribution < 1.29 is 4.79 Å². The molecule has 7 heteroatoms. The van der Waals surface area contributed by atoms with Gasteiger partial charge in [0, 0.05) is 18.9 Å². The number of nitrogens with one attached hydrogen (secondary N) is 2. The number of carbonyl (C=O) groups is 1. The summed E-state index contributed by atoms with van der Waals surface area (Å²) in [4.78, 5) is 19.2. The van der Waals surface area contributed by atoms with Gasteiger partial charge in [-0.15, -0.1) is 0 Å². The number of amides is 1. The molecule has 0 aliphatic rings. The molecular formula is C13H12N6O. The van der Waals surface area contributed by atoms with E-state index >= 15 is 0 Å². The molecule has 0 bridgehead atoms. The zero-order chi connectivity index (χ0) is 14.4. The van der Waals surface area contributed by atoms with E-state index in [1.165, 1.54) is 12.4 Å². The highest BCUT2D eigenvalue weighted by atomic mass is 16.2. The summed E-state index contributed by atoms with van der Waals surface area (Å²) in [6.45, 7) is 0.484. The summed E-state index contributed by atoms with van der Waals surface area (Å²) >= 11 is 0. The minimum atomic E-state index is -0.446. The van der Waals surface area contributed by atoms with Crippen molar-refractivity contribution in [3.63, 3.8) is 0 Å². The van der Waals surface area contributed by atoms with Gasteiger partial charge in [0.1, 0.15) is 0 Å². The molecule has 2 aromatic rings. The lowest BCUT2D eigenvalue weighted by Crippen LogP contribution is -2.30. The number of benzene rings is 1. The van der Waals surface area contributed by atoms with Gasteiger partial charge in [-0.25, -0.2) is 15.8 Å². The molecule has 0 atom stereocenters. The predicted molar refractivity (Wildman–Crippen MR) is 72.2 cm³/mol. The summed E-state index contributed by atoms with van der Waals surface area (Å²) in [6.07, 6.45) is 2.76. The maximum Gasteiger partial charge on any atom is 0.268 e. The van der Waals surface area contributed by atoms with Crippen LogP contribution in [0.1, 0.15) is 21.5 Å². The number of carbonyl (C=O) groups excluding carboxylic acids is 1. The summed E-state index contributed by atoms with van der Waals surface area (Å²) in [5.74, 6) is 4.95. The summed E-state index contributed by atoms with van der Waals surface area (Å²) in [5, 5.41) is 11.8. The standard InChI is InChI=1S/C13H12N6O/c14-5-9-2-1-3-10(4-9)6-16-13-17-7-11(8-18-13)12(20)19-15/h1-4,7-8H,6,15H2,(H,19,20)(H,16,17,18). The van der Waals surface area contributed by atoms with Crippen LogP contribution in [0.2, 0.25) is 0 Å². The molecule has 1 aromatic heterocycles. The largest absolute Gasteiger partial charge is 0.350 e. The number of aromatic nitrogens is 2. The van der Waals surface area contributed by atoms with Crippen LogP contribution in [0.25, 0.3) is 0 Å². The summed E-state index contributed by atoms with van der Waals surface area (Å²) in [5.41, 5.74) is 3.82. The van der Waals surface area contributed by atoms with E-state index in [1.54, 1.807) is 12.1 Å². The highest BCUT2D eigenvalue weighted by molar-refractivity contribution is 5.93. The second-order valence-corrected chi connectivity index (χ2v) is 3.93. The number of hydrogen-bond acceptors (Lipinski definition) is 6. The van der Waals surface area contributed by atoms with Gasteiger partial charge in [0.2, 0.25) is 5.95 Å². The van der Waals surface area contributed by atoms with Gasteiger partial charge in [0.05, 0.1) is 17.2 Å². The Bertz CT molecular complexity index is 647. The van der Waals surface area contributed by atoms with Gasteiger partial charge in [-0.2, -0.15) is 5.26 Å². The van der Waals surface area contributed by atoms with Crippen LogP contribution in [-0.4, -0.2) is 15.9 Å². The van der Waals surface area contributed by atoms with E-state index in [1.807, 2.05) is 17.6 Å². The fourth-order valence-electron chi connectivity index (χ4n) is 1.55. The van der Waals surface area contributed by atoms with Crippen LogP contribution in [0.15, 0.2) is 36.7 Å². The second kappa shape index (κ2) is 6.26. The number of nitrogens with two attached hydrogens (primary N) is 1. The molecule has 0 aliphatic carbocycles. The van der Waals surface area contributed by atoms with Gasteiger partial charge in [0.15, 0.2) is 0 Å². The van der Waals surface area contributed by atoms with E-state index in [-0.39, 0.29) is 5.56 Å². The fraction of sp³-hybridized carbons (Fsp3) is 0.0769. The molecule has 4 N–H and O–H groups in total. The van der Waals surface area contributed by atoms with Crippen molar-refractivity contribution in [3.8, 4) is 6.07 Å². The third-order valence-corrected chi connectivity index (χ3v) is 2.55. The summed E-state index contributed by atoms with van der Waals surface area (Å²) in [7, 11) is 0. The first-order valence-corrected chi connectivity index (χ1v) is 5.79. The first kappa shape index (κ1) is 13.5. The number of hydrogen-bond donors (Lipinski definition) is 3. The third-order valence-electron chi connectivity index (χ3n) is 2.55. The Morgan fingerprint density at radius 3 is 2.75 bits per heavy atom. The topological polar surface area (TPSA) is 117 Å². The molecule has 1 heterocycles. The molecular weight excluding hydrogens is 256 g/mol. The van der Waals surface area contributed by atoms with Crippen LogP contribution in [-0.2, 0) is 6.54 Å². The molecule has 0 saturated heterocycles. The average molecular weight is 268 g/mol. The van der Waals surface area contributed by atoms with E-state index in [0.29, 0.717) is 18.1 Å². The number of rotatable bonds is 4. The van der Waals surface area contributed by atoms with Crippen molar-refractivity contribution in [3.05, 3.63) is 53.3 Å². The van der Waals surface area contributed by atoms with Crippen LogP contribution in [0.3, 0.4) is 0 Å². The number of nitrogen functional groups attached to an aromatic ring is 1. The van der Waals surface area contributed by atoms with E-state index in [9.17, 15) is 4.79 Å². The summed E-state index contributed by atoms with van der Waals surface area (Å²) < 4.78 is 0. The molecule has 0 radical (unpaired) electrons. The highest BCUT2D eigenvalue weighted by Gasteiger charge is 2.04. The Kier molecular flexibility index (Phi) is 4.21. The maximum absolute atomic E-state index is 11.2. The van der Waals surface area contributed by atoms with Gasteiger partial charge in [0.25, 0.3) is 5.91 Å². The van der Waals surface area contributed by atoms with Crippen LogP contribution < -0.4 is 16.6 Å². The Morgan fingerprint density at radius 2 is 2.10 bits per heavy atom. The molecule has 0 aliphatic heterocycles. The Hall–Kier alpha value is -2.98. The zero-order valence-corrected chi connectivity index (χ0v) is 10.5. The fourth-order valence-corrected chi connectivity index (χ4v) is 1.55. The lowest BCUT2D eigenvalue weighted by molar-refractivity contribution is 0.0953. The lowest BCUT2D eigenvalue weighted by Gasteiger charge is -2.05. The first-order chi connectivity index (χ1) is 9.72. The maximum atomic E-state index is 11.2. The smallest absolute Gasteiger partial charge is 0.268 e. The average Bonchev–Trinajstić information content (AvgIpc) is 2.53. The molecule has 20 heavy (non-hydrogen) atoms. The van der Waals surface area contributed by atoms with Gasteiger partial charge in [-0.05, 0) is 17.7 Å². The van der Waals surface area contributed by atoms with Crippen molar-refractivity contribution in [2.45, 2.75) is 6.54 Å². The van der Waals surface area contributed by atoms with Crippen molar-refractivity contribution in [1.29, 1.82) is 5.26 Å². The van der Waals surface area contributed by atoms with Crippen LogP contribution in [0, 0.1) is 11.3 Å². The van der Waals surface area contributed by atoms with Gasteiger partial charge in [-0.1, -0.05) is 12.1 Å². The van der Waals surface area contributed by atoms with Crippen molar-refractivity contribution in [2.75, 3.05) is 5.32 Å². The van der Waals surface area contributed by atoms with E-state index in [4.69, 9.17) is 11.1 Å². The van der Waals surface area contributed by atoms with Crippen molar-refractivity contribution >= 4 is 11.9 Å². The van der Waals surface area contributed by atoms with Crippen molar-refractivity contribution in [1.82, 2.24) is 15.4 Å². The summed E-state index contributed by atoms with van der Waals surface area (Å²) in [6, 6.07) is 9.30.